The summed E-state index contributed by atoms with van der Waals surface area (Å²) in [6, 6.07) is -0.861. The van der Waals surface area contributed by atoms with Gasteiger partial charge >= 0.3 is 0 Å². The van der Waals surface area contributed by atoms with Crippen molar-refractivity contribution in [1.29, 1.82) is 0 Å². The van der Waals surface area contributed by atoms with Gasteiger partial charge < -0.3 is 15.3 Å². The Balaban J connectivity index is 1.75. The predicted molar refractivity (Wildman–Crippen MR) is 90.6 cm³/mol. The van der Waals surface area contributed by atoms with Gasteiger partial charge in [-0.25, -0.2) is 17.6 Å². The smallest absolute Gasteiger partial charge is 0.269 e. The summed E-state index contributed by atoms with van der Waals surface area (Å²) in [4.78, 5) is 14.8. The van der Waals surface area contributed by atoms with Crippen molar-refractivity contribution in [2.75, 3.05) is 18.0 Å². The molecule has 0 fully saturated rings. The van der Waals surface area contributed by atoms with Gasteiger partial charge in [-0.2, -0.15) is 5.10 Å². The monoisotopic (exact) mass is 404 g/mol. The summed E-state index contributed by atoms with van der Waals surface area (Å²) < 4.78 is 54.1. The molecule has 0 saturated heterocycles. The zero-order chi connectivity index (χ0) is 19.3. The lowest BCUT2D eigenvalue weighted by atomic mass is 9.97. The summed E-state index contributed by atoms with van der Waals surface area (Å²) in [5, 5.41) is 18.5. The summed E-state index contributed by atoms with van der Waals surface area (Å²) in [6.45, 7) is -0.683. The number of aromatic amines is 1. The van der Waals surface area contributed by atoms with Crippen LogP contribution in [-0.4, -0.2) is 58.8 Å². The molecule has 4 heterocycles. The third kappa shape index (κ3) is 3.29. The maximum absolute atomic E-state index is 14.4. The van der Waals surface area contributed by atoms with Gasteiger partial charge in [-0.3, -0.25) is 9.89 Å². The van der Waals surface area contributed by atoms with Gasteiger partial charge in [-0.05, 0) is 0 Å². The van der Waals surface area contributed by atoms with Gasteiger partial charge in [0.1, 0.15) is 11.0 Å². The first-order valence-electron chi connectivity index (χ1n) is 8.30. The lowest BCUT2D eigenvalue weighted by Crippen LogP contribution is -2.48. The van der Waals surface area contributed by atoms with Crippen LogP contribution in [0.2, 0.25) is 0 Å². The average molecular weight is 404 g/mol. The Morgan fingerprint density at radius 2 is 2.19 bits per heavy atom. The second-order valence-corrected chi connectivity index (χ2v) is 7.82. The van der Waals surface area contributed by atoms with Crippen LogP contribution in [0.15, 0.2) is 12.4 Å². The second kappa shape index (κ2) is 6.48. The van der Waals surface area contributed by atoms with Crippen molar-refractivity contribution in [2.24, 2.45) is 0 Å². The Kier molecular flexibility index (Phi) is 4.38. The maximum Gasteiger partial charge on any atom is 0.269 e. The third-order valence-corrected chi connectivity index (χ3v) is 5.98. The quantitative estimate of drug-likeness (QED) is 0.683. The number of aliphatic hydroxyl groups excluding tert-OH is 1. The molecule has 2 atom stereocenters. The van der Waals surface area contributed by atoms with E-state index in [4.69, 9.17) is 0 Å². The topological polar surface area (TPSA) is 81.2 Å². The van der Waals surface area contributed by atoms with Crippen molar-refractivity contribution in [1.82, 2.24) is 15.5 Å². The second-order valence-electron chi connectivity index (χ2n) is 6.80. The van der Waals surface area contributed by atoms with Crippen LogP contribution in [0.25, 0.3) is 10.4 Å². The fraction of sp³-hybridized carbons (Fsp3) is 0.500. The molecule has 146 valence electrons. The molecule has 0 aliphatic carbocycles. The molecule has 2 aliphatic heterocycles. The van der Waals surface area contributed by atoms with E-state index < -0.39 is 49.8 Å². The van der Waals surface area contributed by atoms with Gasteiger partial charge in [0.2, 0.25) is 0 Å². The van der Waals surface area contributed by atoms with E-state index in [2.05, 4.69) is 15.5 Å². The number of carbonyl (C=O) groups excluding carboxylic acids is 1. The van der Waals surface area contributed by atoms with Crippen molar-refractivity contribution in [3.05, 3.63) is 22.8 Å². The molecular weight excluding hydrogens is 388 g/mol. The van der Waals surface area contributed by atoms with E-state index in [0.29, 0.717) is 21.7 Å². The van der Waals surface area contributed by atoms with Crippen LogP contribution >= 0.6 is 11.3 Å². The van der Waals surface area contributed by atoms with Crippen molar-refractivity contribution < 1.29 is 27.5 Å². The molecule has 2 aromatic heterocycles. The SMILES string of the molecule is O=C1N[C@@H](C[C@@H](O)C(F)F)CN2CC(F)(F)Cc3c(-c4cn[nH]c4)sc1c32. The maximum atomic E-state index is 14.4. The summed E-state index contributed by atoms with van der Waals surface area (Å²) in [7, 11) is 0. The number of nitrogens with one attached hydrogen (secondary N) is 2. The van der Waals surface area contributed by atoms with Gasteiger partial charge in [0.15, 0.2) is 0 Å². The minimum atomic E-state index is -3.02. The summed E-state index contributed by atoms with van der Waals surface area (Å²) in [5.74, 6) is -3.53. The van der Waals surface area contributed by atoms with Gasteiger partial charge in [0, 0.05) is 47.6 Å². The van der Waals surface area contributed by atoms with Crippen LogP contribution in [0, 0.1) is 0 Å². The number of rotatable bonds is 4. The molecule has 0 aromatic carbocycles. The van der Waals surface area contributed by atoms with Crippen LogP contribution in [0.1, 0.15) is 21.7 Å². The molecule has 3 N–H and O–H groups in total. The number of halogens is 4. The van der Waals surface area contributed by atoms with Crippen LogP contribution in [0.3, 0.4) is 0 Å². The van der Waals surface area contributed by atoms with Gasteiger partial charge in [0.05, 0.1) is 18.4 Å². The first kappa shape index (κ1) is 18.2. The highest BCUT2D eigenvalue weighted by Crippen LogP contribution is 2.48. The number of hydrogen-bond donors (Lipinski definition) is 3. The molecule has 2 aromatic rings. The molecule has 4 rings (SSSR count). The van der Waals surface area contributed by atoms with Crippen LogP contribution in [0.4, 0.5) is 23.2 Å². The van der Waals surface area contributed by atoms with Crippen LogP contribution in [-0.2, 0) is 6.42 Å². The Hall–Kier alpha value is -2.14. The van der Waals surface area contributed by atoms with E-state index in [9.17, 15) is 27.5 Å². The average Bonchev–Trinajstić information content (AvgIpc) is 3.17. The molecule has 0 radical (unpaired) electrons. The van der Waals surface area contributed by atoms with E-state index in [0.717, 1.165) is 11.3 Å². The van der Waals surface area contributed by atoms with Gasteiger partial charge in [-0.1, -0.05) is 0 Å². The molecule has 0 saturated carbocycles. The van der Waals surface area contributed by atoms with E-state index >= 15 is 0 Å². The Labute approximate surface area is 155 Å². The lowest BCUT2D eigenvalue weighted by Gasteiger charge is -2.36. The number of alkyl halides is 4. The van der Waals surface area contributed by atoms with Crippen LogP contribution in [0.5, 0.6) is 0 Å². The fourth-order valence-electron chi connectivity index (χ4n) is 3.64. The zero-order valence-electron chi connectivity index (χ0n) is 13.9. The predicted octanol–water partition coefficient (Wildman–Crippen LogP) is 2.26. The van der Waals surface area contributed by atoms with Crippen molar-refractivity contribution >= 4 is 22.9 Å². The zero-order valence-corrected chi connectivity index (χ0v) is 14.7. The first-order valence-corrected chi connectivity index (χ1v) is 9.11. The van der Waals surface area contributed by atoms with Crippen molar-refractivity contribution in [3.63, 3.8) is 0 Å². The number of hydrogen-bond acceptors (Lipinski definition) is 5. The van der Waals surface area contributed by atoms with E-state index in [-0.39, 0.29) is 11.4 Å². The number of nitrogens with zero attached hydrogens (tertiary/aromatic N) is 2. The van der Waals surface area contributed by atoms with Gasteiger partial charge in [-0.15, -0.1) is 11.3 Å². The number of carbonyl (C=O) groups is 1. The van der Waals surface area contributed by atoms with Crippen LogP contribution < -0.4 is 10.2 Å². The number of amides is 1. The molecule has 0 unspecified atom stereocenters. The van der Waals surface area contributed by atoms with E-state index in [1.54, 1.807) is 6.20 Å². The minimum absolute atomic E-state index is 0.0767. The van der Waals surface area contributed by atoms with E-state index in [1.165, 1.54) is 11.1 Å². The molecule has 6 nitrogen and oxygen atoms in total. The number of aromatic nitrogens is 2. The molecular formula is C16H16F4N4O2S. The largest absolute Gasteiger partial charge is 0.387 e. The Morgan fingerprint density at radius 3 is 2.85 bits per heavy atom. The van der Waals surface area contributed by atoms with Gasteiger partial charge in [0.25, 0.3) is 18.3 Å². The highest BCUT2D eigenvalue weighted by molar-refractivity contribution is 7.18. The summed E-state index contributed by atoms with van der Waals surface area (Å²) in [5.41, 5.74) is 1.39. The summed E-state index contributed by atoms with van der Waals surface area (Å²) >= 11 is 1.08. The molecule has 27 heavy (non-hydrogen) atoms. The lowest BCUT2D eigenvalue weighted by molar-refractivity contribution is -0.0146. The highest BCUT2D eigenvalue weighted by atomic mass is 32.1. The number of aliphatic hydroxyl groups is 1. The molecule has 11 heteroatoms. The Morgan fingerprint density at radius 1 is 1.41 bits per heavy atom. The number of thiophene rings is 1. The molecule has 0 bridgehead atoms. The van der Waals surface area contributed by atoms with Crippen molar-refractivity contribution in [3.8, 4) is 10.4 Å². The standard InChI is InChI=1S/C16H16F4N4O2S/c17-14(18)10(25)1-8-5-24-6-16(19,20)2-9-11(24)13(15(26)23-8)27-12(9)7-3-21-22-4-7/h3-4,8,10,14,25H,1-2,5-6H2,(H,21,22)(H,23,26)/t8-,10+/m0/s1. The fourth-order valence-corrected chi connectivity index (χ4v) is 4.86. The molecule has 0 spiro atoms. The summed E-state index contributed by atoms with van der Waals surface area (Å²) in [6.07, 6.45) is -2.75. The van der Waals surface area contributed by atoms with E-state index in [1.807, 2.05) is 0 Å². The first-order chi connectivity index (χ1) is 12.7. The van der Waals surface area contributed by atoms with Crippen molar-refractivity contribution in [2.45, 2.75) is 37.3 Å². The number of anilines is 1. The molecule has 1 amide bonds. The highest BCUT2D eigenvalue weighted by Gasteiger charge is 2.45. The normalized spacial score (nSPS) is 22.4. The molecule has 2 aliphatic rings. The number of H-pyrrole nitrogens is 1. The Bertz CT molecular complexity index is 855. The third-order valence-electron chi connectivity index (χ3n) is 4.71. The minimum Gasteiger partial charge on any atom is -0.387 e.